The summed E-state index contributed by atoms with van der Waals surface area (Å²) in [5, 5.41) is 4.13. The second-order valence-corrected chi connectivity index (χ2v) is 9.39. The number of fused-ring (bicyclic) bond motifs is 1. The molecule has 0 amide bonds. The van der Waals surface area contributed by atoms with Crippen LogP contribution in [0.2, 0.25) is 0 Å². The average molecular weight is 361 g/mol. The minimum atomic E-state index is -3.36. The highest BCUT2D eigenvalue weighted by atomic mass is 32.2. The van der Waals surface area contributed by atoms with E-state index in [1.54, 1.807) is 11.2 Å². The molecule has 2 heterocycles. The Morgan fingerprint density at radius 2 is 2.04 bits per heavy atom. The van der Waals surface area contributed by atoms with Gasteiger partial charge in [-0.2, -0.15) is 4.98 Å². The van der Waals surface area contributed by atoms with Gasteiger partial charge in [0.2, 0.25) is 15.9 Å². The lowest BCUT2D eigenvalue weighted by atomic mass is 9.80. The van der Waals surface area contributed by atoms with Crippen molar-refractivity contribution in [2.75, 3.05) is 13.1 Å². The first-order valence-corrected chi connectivity index (χ1v) is 10.3. The van der Waals surface area contributed by atoms with E-state index in [9.17, 15) is 8.42 Å². The number of hydrogen-bond donors (Lipinski definition) is 0. The number of sulfonamides is 1. The van der Waals surface area contributed by atoms with E-state index >= 15 is 0 Å². The van der Waals surface area contributed by atoms with E-state index in [2.05, 4.69) is 10.1 Å². The highest BCUT2D eigenvalue weighted by Crippen LogP contribution is 2.50. The van der Waals surface area contributed by atoms with Crippen LogP contribution in [0, 0.1) is 19.8 Å². The Kier molecular flexibility index (Phi) is 3.96. The summed E-state index contributed by atoms with van der Waals surface area (Å²) in [6.07, 6.45) is 3.03. The Hall–Kier alpha value is -1.73. The van der Waals surface area contributed by atoms with Gasteiger partial charge < -0.3 is 4.52 Å². The minimum Gasteiger partial charge on any atom is -0.340 e. The van der Waals surface area contributed by atoms with Crippen LogP contribution in [0.25, 0.3) is 0 Å². The van der Waals surface area contributed by atoms with Gasteiger partial charge in [0.25, 0.3) is 0 Å². The van der Waals surface area contributed by atoms with E-state index in [0.29, 0.717) is 24.8 Å². The van der Waals surface area contributed by atoms with E-state index in [1.165, 1.54) is 0 Å². The third kappa shape index (κ3) is 2.89. The van der Waals surface area contributed by atoms with Gasteiger partial charge in [0.15, 0.2) is 5.82 Å². The monoisotopic (exact) mass is 361 g/mol. The molecule has 4 rings (SSSR count). The molecule has 0 radical (unpaired) electrons. The fourth-order valence-corrected chi connectivity index (χ4v) is 5.94. The van der Waals surface area contributed by atoms with E-state index in [0.717, 1.165) is 30.4 Å². The largest absolute Gasteiger partial charge is 0.340 e. The van der Waals surface area contributed by atoms with Crippen molar-refractivity contribution in [1.82, 2.24) is 14.4 Å². The van der Waals surface area contributed by atoms with Gasteiger partial charge in [-0.15, -0.1) is 0 Å². The maximum absolute atomic E-state index is 13.0. The van der Waals surface area contributed by atoms with E-state index in [4.69, 9.17) is 4.52 Å². The molecule has 0 N–H and O–H groups in total. The SMILES string of the molecule is Cc1ccc(CS(=O)(=O)N2C[C@H]3CCC[C@@]3(c3noc(C)n3)C2)cc1. The Morgan fingerprint density at radius 1 is 1.28 bits per heavy atom. The van der Waals surface area contributed by atoms with Crippen molar-refractivity contribution >= 4 is 10.0 Å². The summed E-state index contributed by atoms with van der Waals surface area (Å²) in [4.78, 5) is 4.44. The Balaban J connectivity index is 1.59. The van der Waals surface area contributed by atoms with Crippen LogP contribution in [0.1, 0.15) is 42.1 Å². The molecule has 2 fully saturated rings. The first-order chi connectivity index (χ1) is 11.9. The molecule has 25 heavy (non-hydrogen) atoms. The predicted octanol–water partition coefficient (Wildman–Crippen LogP) is 2.57. The number of rotatable bonds is 4. The quantitative estimate of drug-likeness (QED) is 0.836. The van der Waals surface area contributed by atoms with Crippen molar-refractivity contribution in [3.8, 4) is 0 Å². The highest BCUT2D eigenvalue weighted by molar-refractivity contribution is 7.88. The zero-order valence-electron chi connectivity index (χ0n) is 14.6. The third-order valence-electron chi connectivity index (χ3n) is 5.68. The van der Waals surface area contributed by atoms with Gasteiger partial charge >= 0.3 is 0 Å². The molecule has 1 aromatic heterocycles. The number of aryl methyl sites for hydroxylation is 2. The van der Waals surface area contributed by atoms with Crippen molar-refractivity contribution < 1.29 is 12.9 Å². The number of hydrogen-bond acceptors (Lipinski definition) is 5. The Labute approximate surface area is 148 Å². The molecular formula is C18H23N3O3S. The molecule has 7 heteroatoms. The van der Waals surface area contributed by atoms with Crippen LogP contribution in [0.3, 0.4) is 0 Å². The molecule has 134 valence electrons. The summed E-state index contributed by atoms with van der Waals surface area (Å²) in [6, 6.07) is 7.69. The topological polar surface area (TPSA) is 76.3 Å². The van der Waals surface area contributed by atoms with Crippen LogP contribution >= 0.6 is 0 Å². The van der Waals surface area contributed by atoms with Crippen molar-refractivity contribution in [2.24, 2.45) is 5.92 Å². The molecule has 0 spiro atoms. The van der Waals surface area contributed by atoms with Gasteiger partial charge in [-0.25, -0.2) is 12.7 Å². The van der Waals surface area contributed by atoms with Crippen LogP contribution < -0.4 is 0 Å². The van der Waals surface area contributed by atoms with Gasteiger partial charge in [0, 0.05) is 20.0 Å². The second-order valence-electron chi connectivity index (χ2n) is 7.42. The van der Waals surface area contributed by atoms with Crippen molar-refractivity contribution in [3.05, 3.63) is 47.1 Å². The molecule has 0 unspecified atom stereocenters. The standard InChI is InChI=1S/C18H23N3O3S/c1-13-5-7-15(8-6-13)11-25(22,23)21-10-16-4-3-9-18(16,12-21)17-19-14(2)24-20-17/h5-8,16H,3-4,9-12H2,1-2H3/t16-,18-/m1/s1. The minimum absolute atomic E-state index is 0.0430. The van der Waals surface area contributed by atoms with E-state index in [-0.39, 0.29) is 17.1 Å². The lowest BCUT2D eigenvalue weighted by Gasteiger charge is -2.24. The summed E-state index contributed by atoms with van der Waals surface area (Å²) in [7, 11) is -3.36. The molecule has 2 aliphatic rings. The molecular weight excluding hydrogens is 338 g/mol. The number of aromatic nitrogens is 2. The van der Waals surface area contributed by atoms with Crippen molar-refractivity contribution in [3.63, 3.8) is 0 Å². The number of benzene rings is 1. The zero-order valence-corrected chi connectivity index (χ0v) is 15.4. The van der Waals surface area contributed by atoms with Crippen molar-refractivity contribution in [2.45, 2.75) is 44.3 Å². The van der Waals surface area contributed by atoms with Gasteiger partial charge in [-0.3, -0.25) is 0 Å². The summed E-state index contributed by atoms with van der Waals surface area (Å²) >= 11 is 0. The molecule has 1 aliphatic heterocycles. The first-order valence-electron chi connectivity index (χ1n) is 8.73. The molecule has 1 saturated carbocycles. The summed E-state index contributed by atoms with van der Waals surface area (Å²) < 4.78 is 32.7. The lowest BCUT2D eigenvalue weighted by Crippen LogP contribution is -2.36. The van der Waals surface area contributed by atoms with E-state index < -0.39 is 10.0 Å². The zero-order chi connectivity index (χ0) is 17.7. The van der Waals surface area contributed by atoms with Crippen LogP contribution in [0.5, 0.6) is 0 Å². The molecule has 1 aliphatic carbocycles. The third-order valence-corrected chi connectivity index (χ3v) is 7.44. The molecule has 2 aromatic rings. The van der Waals surface area contributed by atoms with E-state index in [1.807, 2.05) is 31.2 Å². The van der Waals surface area contributed by atoms with Crippen LogP contribution in [0.4, 0.5) is 0 Å². The van der Waals surface area contributed by atoms with Crippen molar-refractivity contribution in [1.29, 1.82) is 0 Å². The van der Waals surface area contributed by atoms with Gasteiger partial charge in [-0.1, -0.05) is 41.4 Å². The molecule has 1 aromatic carbocycles. The van der Waals surface area contributed by atoms with Gasteiger partial charge in [-0.05, 0) is 31.2 Å². The molecule has 1 saturated heterocycles. The second kappa shape index (κ2) is 5.92. The molecule has 0 bridgehead atoms. The Bertz CT molecular complexity index is 875. The highest BCUT2D eigenvalue weighted by Gasteiger charge is 2.55. The van der Waals surface area contributed by atoms with Gasteiger partial charge in [0.1, 0.15) is 0 Å². The van der Waals surface area contributed by atoms with Crippen LogP contribution in [0.15, 0.2) is 28.8 Å². The Morgan fingerprint density at radius 3 is 2.72 bits per heavy atom. The van der Waals surface area contributed by atoms with Crippen LogP contribution in [-0.2, 0) is 21.2 Å². The fraction of sp³-hybridized carbons (Fsp3) is 0.556. The summed E-state index contributed by atoms with van der Waals surface area (Å²) in [5.41, 5.74) is 1.67. The lowest BCUT2D eigenvalue weighted by molar-refractivity contribution is 0.332. The molecule has 2 atom stereocenters. The average Bonchev–Trinajstić information content (AvgIpc) is 3.22. The summed E-state index contributed by atoms with van der Waals surface area (Å²) in [5.74, 6) is 1.54. The smallest absolute Gasteiger partial charge is 0.223 e. The van der Waals surface area contributed by atoms with Crippen LogP contribution in [-0.4, -0.2) is 36.0 Å². The molecule has 6 nitrogen and oxygen atoms in total. The first kappa shape index (κ1) is 16.7. The maximum atomic E-state index is 13.0. The fourth-order valence-electron chi connectivity index (χ4n) is 4.31. The maximum Gasteiger partial charge on any atom is 0.223 e. The van der Waals surface area contributed by atoms with Gasteiger partial charge in [0.05, 0.1) is 11.2 Å². The predicted molar refractivity (Wildman–Crippen MR) is 93.4 cm³/mol. The summed E-state index contributed by atoms with van der Waals surface area (Å²) in [6.45, 7) is 4.79. The normalized spacial score (nSPS) is 26.9. The number of nitrogens with zero attached hydrogens (tertiary/aromatic N) is 3.